The fourth-order valence-corrected chi connectivity index (χ4v) is 2.57. The van der Waals surface area contributed by atoms with Gasteiger partial charge in [-0.15, -0.1) is 0 Å². The van der Waals surface area contributed by atoms with Gasteiger partial charge in [0.2, 0.25) is 0 Å². The topological polar surface area (TPSA) is 54.5 Å². The molecule has 0 saturated heterocycles. The molecule has 3 rings (SSSR count). The minimum atomic E-state index is 0.251. The highest BCUT2D eigenvalue weighted by Crippen LogP contribution is 2.24. The van der Waals surface area contributed by atoms with E-state index in [2.05, 4.69) is 39.7 Å². The van der Waals surface area contributed by atoms with Crippen LogP contribution in [-0.2, 0) is 0 Å². The molecule has 0 fully saturated rings. The first-order chi connectivity index (χ1) is 10.8. The van der Waals surface area contributed by atoms with Crippen LogP contribution in [0.2, 0.25) is 0 Å². The maximum atomic E-state index is 8.99. The number of nitrogens with zero attached hydrogens (tertiary/aromatic N) is 4. The molecule has 3 aromatic rings. The lowest BCUT2D eigenvalue weighted by Gasteiger charge is -2.16. The van der Waals surface area contributed by atoms with Crippen LogP contribution in [0.25, 0.3) is 11.4 Å². The van der Waals surface area contributed by atoms with Crippen molar-refractivity contribution in [1.82, 2.24) is 14.5 Å². The summed E-state index contributed by atoms with van der Waals surface area (Å²) in [4.78, 5) is 8.75. The number of hydrogen-bond donors (Lipinski definition) is 0. The average molecular weight is 288 g/mol. The Labute approximate surface area is 129 Å². The van der Waals surface area contributed by atoms with Gasteiger partial charge in [0.15, 0.2) is 0 Å². The number of nitriles is 1. The summed E-state index contributed by atoms with van der Waals surface area (Å²) in [5, 5.41) is 8.99. The van der Waals surface area contributed by atoms with Crippen molar-refractivity contribution in [2.75, 3.05) is 0 Å². The number of imidazole rings is 1. The monoisotopic (exact) mass is 288 g/mol. The van der Waals surface area contributed by atoms with Gasteiger partial charge in [0.05, 0.1) is 29.7 Å². The second-order valence-corrected chi connectivity index (χ2v) is 5.08. The van der Waals surface area contributed by atoms with Crippen molar-refractivity contribution in [2.24, 2.45) is 0 Å². The Morgan fingerprint density at radius 3 is 2.68 bits per heavy atom. The molecule has 0 spiro atoms. The molecule has 0 aliphatic heterocycles. The molecule has 0 bridgehead atoms. The first-order valence-corrected chi connectivity index (χ1v) is 7.26. The van der Waals surface area contributed by atoms with Crippen molar-refractivity contribution in [3.05, 3.63) is 72.3 Å². The molecule has 0 N–H and O–H groups in total. The Hall–Kier alpha value is -2.93. The summed E-state index contributed by atoms with van der Waals surface area (Å²) in [7, 11) is 0. The van der Waals surface area contributed by atoms with Crippen molar-refractivity contribution in [2.45, 2.75) is 19.4 Å². The van der Waals surface area contributed by atoms with Gasteiger partial charge in [0.25, 0.3) is 0 Å². The standard InChI is InChI=1S/C18H16N4/c1-2-18(15-6-4-3-5-7-15)22-12-17(21-13-22)16-10-14(11-19)8-9-20-16/h3-10,12-13,18H,2H2,1H3. The lowest BCUT2D eigenvalue weighted by molar-refractivity contribution is 0.566. The van der Waals surface area contributed by atoms with Crippen LogP contribution in [0.15, 0.2) is 61.2 Å². The largest absolute Gasteiger partial charge is 0.329 e. The van der Waals surface area contributed by atoms with E-state index in [0.29, 0.717) is 5.56 Å². The summed E-state index contributed by atoms with van der Waals surface area (Å²) in [6, 6.07) is 16.2. The summed E-state index contributed by atoms with van der Waals surface area (Å²) < 4.78 is 2.10. The highest BCUT2D eigenvalue weighted by atomic mass is 15.1. The summed E-state index contributed by atoms with van der Waals surface area (Å²) in [5.41, 5.74) is 3.36. The molecule has 0 amide bonds. The molecule has 0 saturated carbocycles. The Balaban J connectivity index is 1.94. The minimum absolute atomic E-state index is 0.251. The Bertz CT molecular complexity index is 799. The molecule has 1 unspecified atom stereocenters. The zero-order valence-corrected chi connectivity index (χ0v) is 12.3. The third kappa shape index (κ3) is 2.75. The predicted octanol–water partition coefficient (Wildman–Crippen LogP) is 3.82. The van der Waals surface area contributed by atoms with Crippen molar-refractivity contribution in [1.29, 1.82) is 5.26 Å². The van der Waals surface area contributed by atoms with E-state index < -0.39 is 0 Å². The van der Waals surface area contributed by atoms with Crippen molar-refractivity contribution in [3.63, 3.8) is 0 Å². The minimum Gasteiger partial charge on any atom is -0.329 e. The van der Waals surface area contributed by atoms with Gasteiger partial charge in [0.1, 0.15) is 5.69 Å². The van der Waals surface area contributed by atoms with Gasteiger partial charge in [-0.05, 0) is 24.1 Å². The van der Waals surface area contributed by atoms with Crippen LogP contribution in [0.4, 0.5) is 0 Å². The van der Waals surface area contributed by atoms with E-state index in [1.54, 1.807) is 18.3 Å². The molecule has 2 heterocycles. The molecule has 108 valence electrons. The third-order valence-corrected chi connectivity index (χ3v) is 3.68. The summed E-state index contributed by atoms with van der Waals surface area (Å²) in [5.74, 6) is 0. The molecule has 22 heavy (non-hydrogen) atoms. The van der Waals surface area contributed by atoms with Crippen LogP contribution in [-0.4, -0.2) is 14.5 Å². The number of pyridine rings is 1. The smallest absolute Gasteiger partial charge is 0.107 e. The first kappa shape index (κ1) is 14.0. The van der Waals surface area contributed by atoms with Crippen molar-refractivity contribution < 1.29 is 0 Å². The van der Waals surface area contributed by atoms with Gasteiger partial charge in [0, 0.05) is 12.4 Å². The molecule has 4 heteroatoms. The van der Waals surface area contributed by atoms with Gasteiger partial charge in [-0.25, -0.2) is 4.98 Å². The number of hydrogen-bond acceptors (Lipinski definition) is 3. The van der Waals surface area contributed by atoms with Crippen LogP contribution < -0.4 is 0 Å². The second-order valence-electron chi connectivity index (χ2n) is 5.08. The highest BCUT2D eigenvalue weighted by Gasteiger charge is 2.13. The van der Waals surface area contributed by atoms with Crippen LogP contribution in [0.1, 0.15) is 30.5 Å². The van der Waals surface area contributed by atoms with E-state index in [9.17, 15) is 0 Å². The molecule has 1 atom stereocenters. The van der Waals surface area contributed by atoms with E-state index in [1.807, 2.05) is 30.7 Å². The van der Waals surface area contributed by atoms with Crippen molar-refractivity contribution in [3.8, 4) is 17.5 Å². The highest BCUT2D eigenvalue weighted by molar-refractivity contribution is 5.55. The summed E-state index contributed by atoms with van der Waals surface area (Å²) in [6.07, 6.45) is 6.44. The summed E-state index contributed by atoms with van der Waals surface area (Å²) in [6.45, 7) is 2.16. The predicted molar refractivity (Wildman–Crippen MR) is 85.0 cm³/mol. The van der Waals surface area contributed by atoms with Crippen LogP contribution in [0.5, 0.6) is 0 Å². The SMILES string of the molecule is CCC(c1ccccc1)n1cnc(-c2cc(C#N)ccn2)c1. The zero-order chi connectivity index (χ0) is 15.4. The van der Waals surface area contributed by atoms with Gasteiger partial charge >= 0.3 is 0 Å². The van der Waals surface area contributed by atoms with E-state index in [4.69, 9.17) is 5.26 Å². The molecular weight excluding hydrogens is 272 g/mol. The lowest BCUT2D eigenvalue weighted by atomic mass is 10.0. The number of benzene rings is 1. The van der Waals surface area contributed by atoms with E-state index in [0.717, 1.165) is 17.8 Å². The third-order valence-electron chi connectivity index (χ3n) is 3.68. The quantitative estimate of drug-likeness (QED) is 0.733. The van der Waals surface area contributed by atoms with E-state index in [1.165, 1.54) is 5.56 Å². The zero-order valence-electron chi connectivity index (χ0n) is 12.3. The van der Waals surface area contributed by atoms with Crippen LogP contribution >= 0.6 is 0 Å². The van der Waals surface area contributed by atoms with E-state index >= 15 is 0 Å². The van der Waals surface area contributed by atoms with E-state index in [-0.39, 0.29) is 6.04 Å². The maximum absolute atomic E-state index is 8.99. The lowest BCUT2D eigenvalue weighted by Crippen LogP contribution is -2.07. The van der Waals surface area contributed by atoms with Gasteiger partial charge in [-0.3, -0.25) is 4.98 Å². The number of aromatic nitrogens is 3. The Morgan fingerprint density at radius 2 is 1.95 bits per heavy atom. The average Bonchev–Trinajstić information content (AvgIpc) is 3.06. The van der Waals surface area contributed by atoms with Crippen molar-refractivity contribution >= 4 is 0 Å². The molecule has 0 aliphatic carbocycles. The normalized spacial score (nSPS) is 11.8. The fourth-order valence-electron chi connectivity index (χ4n) is 2.57. The van der Waals surface area contributed by atoms with Crippen LogP contribution in [0.3, 0.4) is 0 Å². The summed E-state index contributed by atoms with van der Waals surface area (Å²) >= 11 is 0. The molecule has 4 nitrogen and oxygen atoms in total. The fraction of sp³-hybridized carbons (Fsp3) is 0.167. The Morgan fingerprint density at radius 1 is 1.14 bits per heavy atom. The molecule has 2 aromatic heterocycles. The first-order valence-electron chi connectivity index (χ1n) is 7.26. The molecule has 0 aliphatic rings. The van der Waals surface area contributed by atoms with Crippen LogP contribution in [0, 0.1) is 11.3 Å². The number of rotatable bonds is 4. The van der Waals surface area contributed by atoms with Gasteiger partial charge < -0.3 is 4.57 Å². The Kier molecular flexibility index (Phi) is 3.97. The molecule has 1 aromatic carbocycles. The second kappa shape index (κ2) is 6.23. The van der Waals surface area contributed by atoms with Gasteiger partial charge in [-0.1, -0.05) is 37.3 Å². The maximum Gasteiger partial charge on any atom is 0.107 e. The molecule has 0 radical (unpaired) electrons. The van der Waals surface area contributed by atoms with Gasteiger partial charge in [-0.2, -0.15) is 5.26 Å². The molecular formula is C18H16N4.